The van der Waals surface area contributed by atoms with Crippen LogP contribution in [0.3, 0.4) is 0 Å². The summed E-state index contributed by atoms with van der Waals surface area (Å²) in [6, 6.07) is 10.7. The summed E-state index contributed by atoms with van der Waals surface area (Å²) in [6.45, 7) is 3.39. The number of allylic oxidation sites excluding steroid dienone is 1. The Morgan fingerprint density at radius 2 is 2.42 bits per heavy atom. The quantitative estimate of drug-likeness (QED) is 0.599. The number of hydrogen-bond acceptors (Lipinski definition) is 0. The molecule has 1 aromatic rings. The summed E-state index contributed by atoms with van der Waals surface area (Å²) >= 11 is 0. The fourth-order valence-electron chi connectivity index (χ4n) is 0.997. The molecule has 0 fully saturated rings. The second-order valence-corrected chi connectivity index (χ2v) is 2.68. The van der Waals surface area contributed by atoms with Gasteiger partial charge in [-0.1, -0.05) is 30.3 Å². The molecule has 0 aliphatic carbocycles. The van der Waals surface area contributed by atoms with Crippen LogP contribution in [0, 0.1) is 6.07 Å². The van der Waals surface area contributed by atoms with E-state index in [1.54, 1.807) is 0 Å². The fourth-order valence-corrected chi connectivity index (χ4v) is 0.997. The Balaban J connectivity index is 2.38. The van der Waals surface area contributed by atoms with Crippen molar-refractivity contribution in [2.45, 2.75) is 19.0 Å². The summed E-state index contributed by atoms with van der Waals surface area (Å²) in [5.41, 5.74) is 1.06. The van der Waals surface area contributed by atoms with Crippen LogP contribution in [0.25, 0.3) is 0 Å². The Morgan fingerprint density at radius 1 is 1.58 bits per heavy atom. The maximum absolute atomic E-state index is 12.7. The molecule has 0 amide bonds. The van der Waals surface area contributed by atoms with E-state index in [-0.39, 0.29) is 0 Å². The van der Waals surface area contributed by atoms with Crippen LogP contribution < -0.4 is 0 Å². The molecule has 0 bridgehead atoms. The summed E-state index contributed by atoms with van der Waals surface area (Å²) < 4.78 is 12.7. The minimum absolute atomic E-state index is 0.504. The van der Waals surface area contributed by atoms with E-state index in [0.717, 1.165) is 12.0 Å². The molecule has 0 nitrogen and oxygen atoms in total. The number of alkyl halides is 1. The molecule has 0 saturated heterocycles. The highest BCUT2D eigenvalue weighted by molar-refractivity contribution is 5.13. The Hall–Kier alpha value is -1.11. The highest BCUT2D eigenvalue weighted by Crippen LogP contribution is 2.06. The van der Waals surface area contributed by atoms with Gasteiger partial charge in [-0.2, -0.15) is 0 Å². The molecule has 0 spiro atoms. The Labute approximate surface area is 72.7 Å². The van der Waals surface area contributed by atoms with E-state index < -0.39 is 6.17 Å². The molecule has 0 N–H and O–H groups in total. The van der Waals surface area contributed by atoms with Crippen molar-refractivity contribution in [2.75, 3.05) is 0 Å². The summed E-state index contributed by atoms with van der Waals surface area (Å²) in [5, 5.41) is 0. The van der Waals surface area contributed by atoms with Gasteiger partial charge < -0.3 is 0 Å². The third-order valence-electron chi connectivity index (χ3n) is 1.72. The van der Waals surface area contributed by atoms with Crippen LogP contribution in [0.5, 0.6) is 0 Å². The lowest BCUT2D eigenvalue weighted by atomic mass is 10.1. The molecule has 12 heavy (non-hydrogen) atoms. The highest BCUT2D eigenvalue weighted by atomic mass is 19.1. The Kier molecular flexibility index (Phi) is 3.52. The predicted molar refractivity (Wildman–Crippen MR) is 48.7 cm³/mol. The van der Waals surface area contributed by atoms with E-state index in [0.29, 0.717) is 6.42 Å². The molecular weight excluding hydrogens is 151 g/mol. The summed E-state index contributed by atoms with van der Waals surface area (Å²) in [4.78, 5) is 0. The average molecular weight is 163 g/mol. The topological polar surface area (TPSA) is 0 Å². The van der Waals surface area contributed by atoms with Crippen molar-refractivity contribution in [1.29, 1.82) is 0 Å². The van der Waals surface area contributed by atoms with Gasteiger partial charge in [0.2, 0.25) is 0 Å². The van der Waals surface area contributed by atoms with Crippen molar-refractivity contribution in [3.63, 3.8) is 0 Å². The van der Waals surface area contributed by atoms with Crippen molar-refractivity contribution >= 4 is 0 Å². The first-order valence-corrected chi connectivity index (χ1v) is 4.05. The van der Waals surface area contributed by atoms with Crippen LogP contribution in [-0.2, 0) is 6.42 Å². The van der Waals surface area contributed by atoms with Gasteiger partial charge in [-0.3, -0.25) is 0 Å². The van der Waals surface area contributed by atoms with Crippen molar-refractivity contribution < 1.29 is 4.39 Å². The van der Waals surface area contributed by atoms with Crippen LogP contribution >= 0.6 is 0 Å². The van der Waals surface area contributed by atoms with E-state index in [2.05, 4.69) is 12.6 Å². The summed E-state index contributed by atoms with van der Waals surface area (Å²) in [7, 11) is 0. The molecule has 0 aromatic heterocycles. The standard InChI is InChI=1S/C11H12F/c1-2-11(12)9-8-10-6-4-3-5-7-10/h2-6,11H,1,8-9H2. The van der Waals surface area contributed by atoms with Crippen LogP contribution in [0.2, 0.25) is 0 Å². The van der Waals surface area contributed by atoms with Crippen molar-refractivity contribution in [3.8, 4) is 0 Å². The molecule has 1 rings (SSSR count). The van der Waals surface area contributed by atoms with Crippen molar-refractivity contribution in [3.05, 3.63) is 48.6 Å². The van der Waals surface area contributed by atoms with Crippen LogP contribution in [0.15, 0.2) is 36.9 Å². The van der Waals surface area contributed by atoms with Crippen LogP contribution in [0.1, 0.15) is 12.0 Å². The lowest BCUT2D eigenvalue weighted by Crippen LogP contribution is -1.97. The maximum atomic E-state index is 12.7. The maximum Gasteiger partial charge on any atom is 0.118 e. The van der Waals surface area contributed by atoms with E-state index in [1.807, 2.05) is 24.3 Å². The van der Waals surface area contributed by atoms with Gasteiger partial charge in [-0.25, -0.2) is 4.39 Å². The second kappa shape index (κ2) is 4.70. The van der Waals surface area contributed by atoms with E-state index in [4.69, 9.17) is 0 Å². The Bertz CT molecular complexity index is 228. The zero-order chi connectivity index (χ0) is 8.81. The number of rotatable bonds is 4. The fraction of sp³-hybridized carbons (Fsp3) is 0.273. The van der Waals surface area contributed by atoms with Gasteiger partial charge in [0.1, 0.15) is 6.17 Å². The first kappa shape index (κ1) is 8.98. The van der Waals surface area contributed by atoms with Crippen LogP contribution in [-0.4, -0.2) is 6.17 Å². The van der Waals surface area contributed by atoms with Crippen LogP contribution in [0.4, 0.5) is 4.39 Å². The molecule has 0 aliphatic heterocycles. The molecule has 0 aliphatic rings. The first-order valence-electron chi connectivity index (χ1n) is 4.05. The third-order valence-corrected chi connectivity index (χ3v) is 1.72. The molecule has 63 valence electrons. The summed E-state index contributed by atoms with van der Waals surface area (Å²) in [5.74, 6) is 0. The number of hydrogen-bond donors (Lipinski definition) is 0. The average Bonchev–Trinajstić information content (AvgIpc) is 2.16. The van der Waals surface area contributed by atoms with Crippen molar-refractivity contribution in [1.82, 2.24) is 0 Å². The number of benzene rings is 1. The molecule has 1 radical (unpaired) electrons. The minimum atomic E-state index is -0.890. The lowest BCUT2D eigenvalue weighted by Gasteiger charge is -2.01. The summed E-state index contributed by atoms with van der Waals surface area (Å²) in [6.07, 6.45) is 1.68. The molecule has 0 saturated carbocycles. The number of halogens is 1. The SMILES string of the molecule is C=CC(F)CCc1[c]cccc1. The molecule has 0 heterocycles. The minimum Gasteiger partial charge on any atom is -0.243 e. The van der Waals surface area contributed by atoms with Gasteiger partial charge in [0.25, 0.3) is 0 Å². The van der Waals surface area contributed by atoms with E-state index >= 15 is 0 Å². The third kappa shape index (κ3) is 2.87. The highest BCUT2D eigenvalue weighted by Gasteiger charge is 2.00. The van der Waals surface area contributed by atoms with Gasteiger partial charge in [-0.15, -0.1) is 6.58 Å². The van der Waals surface area contributed by atoms with Crippen molar-refractivity contribution in [2.24, 2.45) is 0 Å². The van der Waals surface area contributed by atoms with E-state index in [1.165, 1.54) is 6.08 Å². The van der Waals surface area contributed by atoms with Gasteiger partial charge in [-0.05, 0) is 24.5 Å². The lowest BCUT2D eigenvalue weighted by molar-refractivity contribution is 0.379. The van der Waals surface area contributed by atoms with Gasteiger partial charge in [0, 0.05) is 0 Å². The molecule has 1 atom stereocenters. The Morgan fingerprint density at radius 3 is 3.00 bits per heavy atom. The zero-order valence-electron chi connectivity index (χ0n) is 6.96. The molecule has 1 unspecified atom stereocenters. The van der Waals surface area contributed by atoms with Gasteiger partial charge in [0.05, 0.1) is 0 Å². The monoisotopic (exact) mass is 163 g/mol. The van der Waals surface area contributed by atoms with Gasteiger partial charge >= 0.3 is 0 Å². The second-order valence-electron chi connectivity index (χ2n) is 2.68. The smallest absolute Gasteiger partial charge is 0.118 e. The molecule has 1 aromatic carbocycles. The largest absolute Gasteiger partial charge is 0.243 e. The normalized spacial score (nSPS) is 12.4. The molecular formula is C11H12F. The zero-order valence-corrected chi connectivity index (χ0v) is 6.96. The number of aryl methyl sites for hydroxylation is 1. The first-order chi connectivity index (χ1) is 5.83. The molecule has 1 heteroatoms. The predicted octanol–water partition coefficient (Wildman–Crippen LogP) is 2.94. The van der Waals surface area contributed by atoms with E-state index in [9.17, 15) is 4.39 Å². The van der Waals surface area contributed by atoms with Gasteiger partial charge in [0.15, 0.2) is 0 Å².